The van der Waals surface area contributed by atoms with Gasteiger partial charge in [-0.1, -0.05) is 24.3 Å². The molecular weight excluding hydrogens is 422 g/mol. The van der Waals surface area contributed by atoms with Crippen LogP contribution in [0.3, 0.4) is 0 Å². The number of carbonyl (C=O) groups excluding carboxylic acids is 4. The minimum Gasteiger partial charge on any atom is -0.397 e. The fourth-order valence-corrected chi connectivity index (χ4v) is 2.74. The Balaban J connectivity index is 0.00000129. The summed E-state index contributed by atoms with van der Waals surface area (Å²) >= 11 is 0. The number of carbonyl (C=O) groups is 4. The maximum atomic E-state index is 12.4. The molecular formula is C24H27N5O4. The number of benzene rings is 2. The van der Waals surface area contributed by atoms with Crippen LogP contribution in [0.25, 0.3) is 0 Å². The third-order valence-electron chi connectivity index (χ3n) is 4.45. The average Bonchev–Trinajstić information content (AvgIpc) is 2.85. The van der Waals surface area contributed by atoms with Crippen LogP contribution in [0.15, 0.2) is 67.0 Å². The predicted molar refractivity (Wildman–Crippen MR) is 129 cm³/mol. The van der Waals surface area contributed by atoms with E-state index in [1.807, 2.05) is 44.8 Å². The SMILES string of the molecule is C=O.C=O.Cc1cnccc1NC(=O)N(C)Cc1ccc(C(=O)Nc2ccccc2N)cc1. The van der Waals surface area contributed by atoms with Crippen molar-refractivity contribution < 1.29 is 19.2 Å². The van der Waals surface area contributed by atoms with Crippen molar-refractivity contribution in [3.8, 4) is 0 Å². The minimum atomic E-state index is -0.242. The molecule has 2 aromatic carbocycles. The molecule has 3 amide bonds. The fraction of sp³-hybridized carbons (Fsp3) is 0.125. The maximum Gasteiger partial charge on any atom is 0.321 e. The molecule has 0 aliphatic heterocycles. The van der Waals surface area contributed by atoms with Crippen molar-refractivity contribution in [3.63, 3.8) is 0 Å². The Kier molecular flexibility index (Phi) is 11.0. The van der Waals surface area contributed by atoms with Crippen molar-refractivity contribution >= 4 is 42.6 Å². The standard InChI is InChI=1S/C22H23N5O2.2CH2O/c1-15-13-24-12-11-19(15)26-22(29)27(2)14-16-7-9-17(10-8-16)21(28)25-20-6-4-3-5-18(20)23;2*1-2/h3-13H,14,23H2,1-2H3,(H,25,28)(H,24,26,29);2*1H2. The number of aromatic nitrogens is 1. The van der Waals surface area contributed by atoms with Crippen LogP contribution >= 0.6 is 0 Å². The topological polar surface area (TPSA) is 134 Å². The van der Waals surface area contributed by atoms with Crippen molar-refractivity contribution in [2.75, 3.05) is 23.4 Å². The molecule has 0 atom stereocenters. The summed E-state index contributed by atoms with van der Waals surface area (Å²) in [6.07, 6.45) is 3.33. The molecule has 33 heavy (non-hydrogen) atoms. The molecule has 1 heterocycles. The normalized spacial score (nSPS) is 9.27. The molecule has 0 radical (unpaired) electrons. The Morgan fingerprint density at radius 2 is 1.58 bits per heavy atom. The van der Waals surface area contributed by atoms with Gasteiger partial charge in [0.25, 0.3) is 5.91 Å². The lowest BCUT2D eigenvalue weighted by Crippen LogP contribution is -2.31. The van der Waals surface area contributed by atoms with Gasteiger partial charge in [-0.25, -0.2) is 4.79 Å². The van der Waals surface area contributed by atoms with E-state index in [4.69, 9.17) is 15.3 Å². The molecule has 9 nitrogen and oxygen atoms in total. The maximum absolute atomic E-state index is 12.4. The Bertz CT molecular complexity index is 1050. The average molecular weight is 450 g/mol. The van der Waals surface area contributed by atoms with Crippen molar-refractivity contribution in [2.45, 2.75) is 13.5 Å². The highest BCUT2D eigenvalue weighted by molar-refractivity contribution is 6.05. The van der Waals surface area contributed by atoms with E-state index in [0.717, 1.165) is 16.8 Å². The third-order valence-corrected chi connectivity index (χ3v) is 4.45. The second-order valence-electron chi connectivity index (χ2n) is 6.72. The van der Waals surface area contributed by atoms with Gasteiger partial charge < -0.3 is 30.9 Å². The molecule has 0 bridgehead atoms. The number of aryl methyl sites for hydroxylation is 1. The molecule has 0 spiro atoms. The monoisotopic (exact) mass is 449 g/mol. The molecule has 3 aromatic rings. The summed E-state index contributed by atoms with van der Waals surface area (Å²) < 4.78 is 0. The Morgan fingerprint density at radius 1 is 0.939 bits per heavy atom. The number of urea groups is 1. The smallest absolute Gasteiger partial charge is 0.321 e. The summed E-state index contributed by atoms with van der Waals surface area (Å²) in [4.78, 5) is 46.4. The first kappa shape index (κ1) is 26.5. The van der Waals surface area contributed by atoms with Gasteiger partial charge in [-0.3, -0.25) is 9.78 Å². The molecule has 4 N–H and O–H groups in total. The van der Waals surface area contributed by atoms with Crippen LogP contribution in [-0.2, 0) is 16.1 Å². The molecule has 0 unspecified atom stereocenters. The summed E-state index contributed by atoms with van der Waals surface area (Å²) in [5.41, 5.74) is 9.98. The van der Waals surface area contributed by atoms with Crippen LogP contribution in [0.2, 0.25) is 0 Å². The molecule has 1 aromatic heterocycles. The second-order valence-corrected chi connectivity index (χ2v) is 6.72. The number of hydrogen-bond donors (Lipinski definition) is 3. The van der Waals surface area contributed by atoms with E-state index >= 15 is 0 Å². The Labute approximate surface area is 192 Å². The number of nitrogens with one attached hydrogen (secondary N) is 2. The Hall–Kier alpha value is -4.53. The van der Waals surface area contributed by atoms with E-state index in [1.165, 1.54) is 0 Å². The van der Waals surface area contributed by atoms with E-state index in [0.29, 0.717) is 23.5 Å². The number of anilines is 3. The molecule has 3 rings (SSSR count). The zero-order valence-electron chi connectivity index (χ0n) is 18.6. The third kappa shape index (κ3) is 7.91. The zero-order valence-corrected chi connectivity index (χ0v) is 18.6. The molecule has 0 aliphatic rings. The van der Waals surface area contributed by atoms with E-state index < -0.39 is 0 Å². The van der Waals surface area contributed by atoms with Gasteiger partial charge in [0.2, 0.25) is 0 Å². The first-order valence-electron chi connectivity index (χ1n) is 9.69. The van der Waals surface area contributed by atoms with Crippen molar-refractivity contribution in [1.82, 2.24) is 9.88 Å². The summed E-state index contributed by atoms with van der Waals surface area (Å²) in [7, 11) is 1.71. The highest BCUT2D eigenvalue weighted by atomic mass is 16.2. The molecule has 9 heteroatoms. The van der Waals surface area contributed by atoms with Gasteiger partial charge in [0, 0.05) is 37.2 Å². The number of hydrogen-bond acceptors (Lipinski definition) is 6. The summed E-state index contributed by atoms with van der Waals surface area (Å²) in [5, 5.41) is 5.66. The molecule has 0 fully saturated rings. The zero-order chi connectivity index (χ0) is 24.8. The molecule has 0 saturated heterocycles. The summed E-state index contributed by atoms with van der Waals surface area (Å²) in [6, 6.07) is 15.7. The van der Waals surface area contributed by atoms with Crippen LogP contribution in [0, 0.1) is 6.92 Å². The predicted octanol–water partition coefficient (Wildman–Crippen LogP) is 3.52. The number of amides is 3. The van der Waals surface area contributed by atoms with Gasteiger partial charge in [0.15, 0.2) is 0 Å². The quantitative estimate of drug-likeness (QED) is 0.510. The molecule has 0 saturated carbocycles. The number of pyridine rings is 1. The lowest BCUT2D eigenvalue weighted by molar-refractivity contribution is -0.0987. The van der Waals surface area contributed by atoms with Gasteiger partial charge >= 0.3 is 6.03 Å². The van der Waals surface area contributed by atoms with Crippen LogP contribution in [0.1, 0.15) is 21.5 Å². The van der Waals surface area contributed by atoms with Crippen LogP contribution < -0.4 is 16.4 Å². The second kappa shape index (κ2) is 13.7. The van der Waals surface area contributed by atoms with E-state index in [9.17, 15) is 9.59 Å². The lowest BCUT2D eigenvalue weighted by atomic mass is 10.1. The van der Waals surface area contributed by atoms with Gasteiger partial charge in [-0.05, 0) is 48.4 Å². The fourth-order valence-electron chi connectivity index (χ4n) is 2.74. The minimum absolute atomic E-state index is 0.222. The largest absolute Gasteiger partial charge is 0.397 e. The van der Waals surface area contributed by atoms with E-state index in [-0.39, 0.29) is 11.9 Å². The van der Waals surface area contributed by atoms with Crippen LogP contribution in [-0.4, -0.2) is 42.4 Å². The van der Waals surface area contributed by atoms with Crippen LogP contribution in [0.5, 0.6) is 0 Å². The lowest BCUT2D eigenvalue weighted by Gasteiger charge is -2.19. The van der Waals surface area contributed by atoms with E-state index in [2.05, 4.69) is 15.6 Å². The molecule has 172 valence electrons. The van der Waals surface area contributed by atoms with Gasteiger partial charge in [0.05, 0.1) is 11.4 Å². The molecule has 0 aliphatic carbocycles. The van der Waals surface area contributed by atoms with Crippen molar-refractivity contribution in [1.29, 1.82) is 0 Å². The van der Waals surface area contributed by atoms with Crippen molar-refractivity contribution in [3.05, 3.63) is 83.7 Å². The first-order valence-corrected chi connectivity index (χ1v) is 9.69. The van der Waals surface area contributed by atoms with Crippen LogP contribution in [0.4, 0.5) is 21.9 Å². The number of rotatable bonds is 5. The number of nitrogens with zero attached hydrogens (tertiary/aromatic N) is 2. The number of para-hydroxylation sites is 2. The summed E-state index contributed by atoms with van der Waals surface area (Å²) in [5.74, 6) is -0.242. The Morgan fingerprint density at radius 3 is 2.18 bits per heavy atom. The van der Waals surface area contributed by atoms with Gasteiger partial charge in [0.1, 0.15) is 13.6 Å². The van der Waals surface area contributed by atoms with E-state index in [1.54, 1.807) is 54.7 Å². The van der Waals surface area contributed by atoms with Gasteiger partial charge in [-0.2, -0.15) is 0 Å². The number of nitrogens with two attached hydrogens (primary N) is 1. The highest BCUT2D eigenvalue weighted by Gasteiger charge is 2.12. The van der Waals surface area contributed by atoms with Gasteiger partial charge in [-0.15, -0.1) is 0 Å². The van der Waals surface area contributed by atoms with Crippen molar-refractivity contribution in [2.24, 2.45) is 0 Å². The first-order chi connectivity index (χ1) is 15.9. The highest BCUT2D eigenvalue weighted by Crippen LogP contribution is 2.18. The number of nitrogen functional groups attached to an aromatic ring is 1. The summed E-state index contributed by atoms with van der Waals surface area (Å²) in [6.45, 7) is 6.29.